The molecule has 1 spiro atoms. The first-order valence-corrected chi connectivity index (χ1v) is 13.0. The SMILES string of the molecule is Cc1cc(Br)ccc1C(=O)N1CC2(CCCC2CC(=O)Nc2ccc3oc4ccccc4c3c2)C1. The van der Waals surface area contributed by atoms with E-state index in [2.05, 4.69) is 21.2 Å². The van der Waals surface area contributed by atoms with E-state index in [-0.39, 0.29) is 17.2 Å². The highest BCUT2D eigenvalue weighted by Crippen LogP contribution is 2.51. The van der Waals surface area contributed by atoms with Crippen molar-refractivity contribution in [2.75, 3.05) is 18.4 Å². The first-order valence-electron chi connectivity index (χ1n) is 12.2. The van der Waals surface area contributed by atoms with Crippen LogP contribution < -0.4 is 5.32 Å². The zero-order valence-electron chi connectivity index (χ0n) is 19.6. The molecule has 6 rings (SSSR count). The van der Waals surface area contributed by atoms with E-state index in [9.17, 15) is 9.59 Å². The summed E-state index contributed by atoms with van der Waals surface area (Å²) in [6.07, 6.45) is 3.73. The molecule has 1 saturated heterocycles. The number of carbonyl (C=O) groups is 2. The zero-order valence-corrected chi connectivity index (χ0v) is 21.2. The third kappa shape index (κ3) is 3.94. The first kappa shape index (κ1) is 22.4. The van der Waals surface area contributed by atoms with Gasteiger partial charge in [0.15, 0.2) is 0 Å². The molecule has 1 aromatic heterocycles. The van der Waals surface area contributed by atoms with E-state index in [1.165, 1.54) is 0 Å². The van der Waals surface area contributed by atoms with Crippen molar-refractivity contribution in [1.82, 2.24) is 4.90 Å². The van der Waals surface area contributed by atoms with Gasteiger partial charge >= 0.3 is 0 Å². The summed E-state index contributed by atoms with van der Waals surface area (Å²) in [5.74, 6) is 0.435. The van der Waals surface area contributed by atoms with E-state index < -0.39 is 0 Å². The number of nitrogens with one attached hydrogen (secondary N) is 1. The van der Waals surface area contributed by atoms with Crippen LogP contribution in [0.3, 0.4) is 0 Å². The Bertz CT molecular complexity index is 1470. The van der Waals surface area contributed by atoms with Crippen LogP contribution in [0.15, 0.2) is 69.6 Å². The summed E-state index contributed by atoms with van der Waals surface area (Å²) in [6, 6.07) is 19.6. The van der Waals surface area contributed by atoms with Crippen molar-refractivity contribution in [1.29, 1.82) is 0 Å². The highest BCUT2D eigenvalue weighted by Gasteiger charge is 2.53. The minimum atomic E-state index is 0.0388. The van der Waals surface area contributed by atoms with E-state index >= 15 is 0 Å². The molecule has 2 amide bonds. The molecular weight excluding hydrogens is 504 g/mol. The van der Waals surface area contributed by atoms with Crippen molar-refractivity contribution >= 4 is 55.4 Å². The molecule has 1 aliphatic carbocycles. The number of rotatable bonds is 4. The molecule has 3 aromatic carbocycles. The molecule has 0 bridgehead atoms. The predicted octanol–water partition coefficient (Wildman–Crippen LogP) is 6.93. The Morgan fingerprint density at radius 1 is 1.06 bits per heavy atom. The number of anilines is 1. The Labute approximate surface area is 212 Å². The molecule has 2 aliphatic rings. The molecule has 1 atom stereocenters. The molecule has 178 valence electrons. The molecule has 6 heteroatoms. The van der Waals surface area contributed by atoms with Crippen LogP contribution in [0.1, 0.15) is 41.6 Å². The normalized spacial score (nSPS) is 18.8. The summed E-state index contributed by atoms with van der Waals surface area (Å²) < 4.78 is 6.88. The Morgan fingerprint density at radius 3 is 2.69 bits per heavy atom. The molecule has 2 fully saturated rings. The van der Waals surface area contributed by atoms with Crippen LogP contribution >= 0.6 is 15.9 Å². The van der Waals surface area contributed by atoms with Crippen molar-refractivity contribution in [2.45, 2.75) is 32.6 Å². The maximum absolute atomic E-state index is 13.1. The second-order valence-corrected chi connectivity index (χ2v) is 11.0. The minimum absolute atomic E-state index is 0.0388. The number of para-hydroxylation sites is 1. The third-order valence-electron chi connectivity index (χ3n) is 7.90. The van der Waals surface area contributed by atoms with Crippen molar-refractivity contribution in [3.63, 3.8) is 0 Å². The largest absolute Gasteiger partial charge is 0.456 e. The number of amides is 2. The number of benzene rings is 3. The molecule has 0 radical (unpaired) electrons. The van der Waals surface area contributed by atoms with E-state index in [1.807, 2.05) is 72.5 Å². The van der Waals surface area contributed by atoms with Gasteiger partial charge in [-0.3, -0.25) is 9.59 Å². The number of hydrogen-bond acceptors (Lipinski definition) is 3. The Balaban J connectivity index is 1.12. The lowest BCUT2D eigenvalue weighted by Gasteiger charge is -2.51. The molecule has 35 heavy (non-hydrogen) atoms. The van der Waals surface area contributed by atoms with Crippen molar-refractivity contribution in [3.8, 4) is 0 Å². The molecule has 1 aliphatic heterocycles. The van der Waals surface area contributed by atoms with Gasteiger partial charge in [-0.25, -0.2) is 0 Å². The van der Waals surface area contributed by atoms with Gasteiger partial charge in [-0.05, 0) is 73.7 Å². The molecule has 2 heterocycles. The second-order valence-electron chi connectivity index (χ2n) is 10.1. The summed E-state index contributed by atoms with van der Waals surface area (Å²) in [6.45, 7) is 3.46. The van der Waals surface area contributed by atoms with Gasteiger partial charge in [-0.1, -0.05) is 40.5 Å². The maximum atomic E-state index is 13.1. The predicted molar refractivity (Wildman–Crippen MR) is 142 cm³/mol. The van der Waals surface area contributed by atoms with Crippen molar-refractivity contribution < 1.29 is 14.0 Å². The van der Waals surface area contributed by atoms with E-state index in [0.29, 0.717) is 12.3 Å². The van der Waals surface area contributed by atoms with Crippen LogP contribution in [0.5, 0.6) is 0 Å². The van der Waals surface area contributed by atoms with Crippen molar-refractivity contribution in [2.24, 2.45) is 11.3 Å². The monoisotopic (exact) mass is 530 g/mol. The maximum Gasteiger partial charge on any atom is 0.254 e. The van der Waals surface area contributed by atoms with Crippen LogP contribution in [0.25, 0.3) is 21.9 Å². The first-order chi connectivity index (χ1) is 16.9. The number of likely N-dealkylation sites (tertiary alicyclic amines) is 1. The smallest absolute Gasteiger partial charge is 0.254 e. The Hall–Kier alpha value is -3.12. The van der Waals surface area contributed by atoms with Crippen LogP contribution in [-0.2, 0) is 4.79 Å². The number of aryl methyl sites for hydroxylation is 1. The fourth-order valence-corrected chi connectivity index (χ4v) is 6.56. The van der Waals surface area contributed by atoms with Gasteiger partial charge < -0.3 is 14.6 Å². The summed E-state index contributed by atoms with van der Waals surface area (Å²) >= 11 is 3.47. The average Bonchev–Trinajstić information content (AvgIpc) is 3.39. The fourth-order valence-electron chi connectivity index (χ4n) is 6.08. The highest BCUT2D eigenvalue weighted by atomic mass is 79.9. The summed E-state index contributed by atoms with van der Waals surface area (Å²) in [5.41, 5.74) is 4.27. The van der Waals surface area contributed by atoms with Crippen molar-refractivity contribution in [3.05, 3.63) is 76.3 Å². The summed E-state index contributed by atoms with van der Waals surface area (Å²) in [5, 5.41) is 5.16. The Morgan fingerprint density at radius 2 is 1.86 bits per heavy atom. The van der Waals surface area contributed by atoms with E-state index in [4.69, 9.17) is 4.42 Å². The lowest BCUT2D eigenvalue weighted by Crippen LogP contribution is -2.60. The zero-order chi connectivity index (χ0) is 24.2. The third-order valence-corrected chi connectivity index (χ3v) is 8.40. The minimum Gasteiger partial charge on any atom is -0.456 e. The van der Waals surface area contributed by atoms with Gasteiger partial charge in [0, 0.05) is 51.4 Å². The van der Waals surface area contributed by atoms with Crippen LogP contribution in [0.2, 0.25) is 0 Å². The van der Waals surface area contributed by atoms with E-state index in [1.54, 1.807) is 0 Å². The standard InChI is InChI=1S/C29H27BrN2O3/c1-18-13-20(30)8-10-22(18)28(34)32-16-29(17-32)12-4-5-19(29)14-27(33)31-21-9-11-26-24(15-21)23-6-2-3-7-25(23)35-26/h2-3,6-11,13,15,19H,4-5,12,14,16-17H2,1H3,(H,31,33). The lowest BCUT2D eigenvalue weighted by molar-refractivity contribution is -0.119. The van der Waals surface area contributed by atoms with Gasteiger partial charge in [-0.15, -0.1) is 0 Å². The highest BCUT2D eigenvalue weighted by molar-refractivity contribution is 9.10. The molecule has 1 unspecified atom stereocenters. The Kier molecular flexibility index (Phi) is 5.44. The number of fused-ring (bicyclic) bond motifs is 3. The molecule has 4 aromatic rings. The number of carbonyl (C=O) groups excluding carboxylic acids is 2. The molecule has 5 nitrogen and oxygen atoms in total. The lowest BCUT2D eigenvalue weighted by atomic mass is 9.69. The molecule has 1 N–H and O–H groups in total. The fraction of sp³-hybridized carbons (Fsp3) is 0.310. The topological polar surface area (TPSA) is 62.6 Å². The quantitative estimate of drug-likeness (QED) is 0.311. The number of nitrogens with zero attached hydrogens (tertiary/aromatic N) is 1. The average molecular weight is 531 g/mol. The van der Waals surface area contributed by atoms with Gasteiger partial charge in [0.05, 0.1) is 0 Å². The summed E-state index contributed by atoms with van der Waals surface area (Å²) in [7, 11) is 0. The summed E-state index contributed by atoms with van der Waals surface area (Å²) in [4.78, 5) is 28.0. The van der Waals surface area contributed by atoms with Gasteiger partial charge in [-0.2, -0.15) is 0 Å². The van der Waals surface area contributed by atoms with Crippen LogP contribution in [0.4, 0.5) is 5.69 Å². The molecular formula is C29H27BrN2O3. The van der Waals surface area contributed by atoms with E-state index in [0.717, 1.165) is 75.6 Å². The van der Waals surface area contributed by atoms with Gasteiger partial charge in [0.25, 0.3) is 5.91 Å². The van der Waals surface area contributed by atoms with Crippen LogP contribution in [-0.4, -0.2) is 29.8 Å². The number of hydrogen-bond donors (Lipinski definition) is 1. The van der Waals surface area contributed by atoms with Crippen LogP contribution in [0, 0.1) is 18.3 Å². The number of halogens is 1. The second kappa shape index (κ2) is 8.52. The van der Waals surface area contributed by atoms with Gasteiger partial charge in [0.1, 0.15) is 11.2 Å². The van der Waals surface area contributed by atoms with Gasteiger partial charge in [0.2, 0.25) is 5.91 Å². The molecule has 1 saturated carbocycles. The number of furan rings is 1.